The molecule has 0 aliphatic heterocycles. The van der Waals surface area contributed by atoms with Gasteiger partial charge in [-0.15, -0.1) is 12.4 Å². The van der Waals surface area contributed by atoms with Crippen LogP contribution in [0.5, 0.6) is 5.75 Å². The van der Waals surface area contributed by atoms with Gasteiger partial charge in [-0.05, 0) is 36.5 Å². The zero-order valence-corrected chi connectivity index (χ0v) is 11.9. The summed E-state index contributed by atoms with van der Waals surface area (Å²) < 4.78 is 5.15. The summed E-state index contributed by atoms with van der Waals surface area (Å²) in [4.78, 5) is 0. The van der Waals surface area contributed by atoms with E-state index in [9.17, 15) is 5.11 Å². The minimum atomic E-state index is -0.477. The lowest BCUT2D eigenvalue weighted by Crippen LogP contribution is -2.36. The number of aliphatic hydroxyl groups excluding tert-OH is 1. The average molecular weight is 292 g/mol. The predicted molar refractivity (Wildman–Crippen MR) is 75.5 cm³/mol. The van der Waals surface area contributed by atoms with Gasteiger partial charge in [0, 0.05) is 0 Å². The quantitative estimate of drug-likeness (QED) is 0.897. The molecule has 5 heteroatoms. The maximum atomic E-state index is 10.1. The Bertz CT molecular complexity index is 397. The molecule has 0 spiro atoms. The number of ether oxygens (including phenoxy) is 1. The largest absolute Gasteiger partial charge is 0.495 e. The van der Waals surface area contributed by atoms with Crippen LogP contribution in [0, 0.1) is 5.92 Å². The second kappa shape index (κ2) is 6.62. The summed E-state index contributed by atoms with van der Waals surface area (Å²) in [5, 5.41) is 10.7. The first-order valence-electron chi connectivity index (χ1n) is 5.90. The Balaban J connectivity index is 0.00000162. The first-order chi connectivity index (χ1) is 8.13. The van der Waals surface area contributed by atoms with Crippen molar-refractivity contribution in [3.05, 3.63) is 28.8 Å². The fraction of sp³-hybridized carbons (Fsp3) is 0.538. The van der Waals surface area contributed by atoms with E-state index in [2.05, 4.69) is 0 Å². The number of hydrogen-bond acceptors (Lipinski definition) is 3. The number of benzene rings is 1. The normalized spacial score (nSPS) is 18.4. The molecule has 0 radical (unpaired) electrons. The number of methoxy groups -OCH3 is 1. The zero-order chi connectivity index (χ0) is 12.4. The van der Waals surface area contributed by atoms with E-state index in [-0.39, 0.29) is 18.4 Å². The van der Waals surface area contributed by atoms with Crippen LogP contribution < -0.4 is 10.5 Å². The van der Waals surface area contributed by atoms with Crippen LogP contribution in [-0.2, 0) is 0 Å². The smallest absolute Gasteiger partial charge is 0.137 e. The third-order valence-corrected chi connectivity index (χ3v) is 3.87. The van der Waals surface area contributed by atoms with Crippen LogP contribution in [0.4, 0.5) is 0 Å². The van der Waals surface area contributed by atoms with Crippen LogP contribution in [0.25, 0.3) is 0 Å². The molecule has 2 atom stereocenters. The standard InChI is InChI=1S/C13H18ClNO2.ClH/c1-17-11-7-9(5-6-10(11)14)12(15)13(16)8-3-2-4-8;/h5-8,12-13,16H,2-4,15H2,1H3;1H/t12-,13+;/m0./s1. The molecule has 1 aromatic carbocycles. The van der Waals surface area contributed by atoms with Crippen molar-refractivity contribution in [2.45, 2.75) is 31.4 Å². The van der Waals surface area contributed by atoms with E-state index >= 15 is 0 Å². The second-order valence-electron chi connectivity index (χ2n) is 4.60. The molecular weight excluding hydrogens is 273 g/mol. The minimum absolute atomic E-state index is 0. The van der Waals surface area contributed by atoms with Crippen LogP contribution in [0.1, 0.15) is 30.9 Å². The molecule has 0 saturated heterocycles. The van der Waals surface area contributed by atoms with Crippen molar-refractivity contribution >= 4 is 24.0 Å². The molecule has 0 amide bonds. The highest BCUT2D eigenvalue weighted by Crippen LogP contribution is 2.35. The molecule has 1 aliphatic rings. The fourth-order valence-electron chi connectivity index (χ4n) is 2.16. The van der Waals surface area contributed by atoms with Crippen LogP contribution in [0.15, 0.2) is 18.2 Å². The van der Waals surface area contributed by atoms with Crippen molar-refractivity contribution in [2.24, 2.45) is 11.7 Å². The van der Waals surface area contributed by atoms with E-state index in [1.807, 2.05) is 6.07 Å². The zero-order valence-electron chi connectivity index (χ0n) is 10.3. The topological polar surface area (TPSA) is 55.5 Å². The van der Waals surface area contributed by atoms with Crippen molar-refractivity contribution in [3.63, 3.8) is 0 Å². The Hall–Kier alpha value is -0.480. The van der Waals surface area contributed by atoms with Gasteiger partial charge in [0.1, 0.15) is 5.75 Å². The van der Waals surface area contributed by atoms with Gasteiger partial charge >= 0.3 is 0 Å². The fourth-order valence-corrected chi connectivity index (χ4v) is 2.35. The van der Waals surface area contributed by atoms with E-state index in [0.29, 0.717) is 16.7 Å². The van der Waals surface area contributed by atoms with E-state index in [0.717, 1.165) is 18.4 Å². The molecule has 1 aliphatic carbocycles. The lowest BCUT2D eigenvalue weighted by Gasteiger charge is -2.33. The molecule has 3 nitrogen and oxygen atoms in total. The Morgan fingerprint density at radius 1 is 1.44 bits per heavy atom. The van der Waals surface area contributed by atoms with Crippen molar-refractivity contribution in [1.82, 2.24) is 0 Å². The van der Waals surface area contributed by atoms with Gasteiger partial charge in [-0.2, -0.15) is 0 Å². The van der Waals surface area contributed by atoms with Crippen LogP contribution in [0.3, 0.4) is 0 Å². The van der Waals surface area contributed by atoms with Crippen molar-refractivity contribution in [2.75, 3.05) is 7.11 Å². The van der Waals surface area contributed by atoms with Gasteiger partial charge in [-0.1, -0.05) is 24.1 Å². The summed E-state index contributed by atoms with van der Waals surface area (Å²) in [6.45, 7) is 0. The van der Waals surface area contributed by atoms with Crippen molar-refractivity contribution in [1.29, 1.82) is 0 Å². The summed E-state index contributed by atoms with van der Waals surface area (Å²) in [7, 11) is 1.57. The SMILES string of the molecule is COc1cc([C@H](N)[C@H](O)C2CCC2)ccc1Cl.Cl. The second-order valence-corrected chi connectivity index (χ2v) is 5.01. The molecule has 0 unspecified atom stereocenters. The monoisotopic (exact) mass is 291 g/mol. The number of nitrogens with two attached hydrogens (primary N) is 1. The molecule has 0 heterocycles. The first kappa shape index (κ1) is 15.6. The highest BCUT2D eigenvalue weighted by molar-refractivity contribution is 6.32. The molecule has 0 aromatic heterocycles. The predicted octanol–water partition coefficient (Wildman–Crippen LogP) is 2.93. The highest BCUT2D eigenvalue weighted by atomic mass is 35.5. The molecular formula is C13H19Cl2NO2. The van der Waals surface area contributed by atoms with E-state index in [1.165, 1.54) is 6.42 Å². The van der Waals surface area contributed by atoms with Crippen LogP contribution in [-0.4, -0.2) is 18.3 Å². The van der Waals surface area contributed by atoms with Gasteiger partial charge in [0.05, 0.1) is 24.3 Å². The Morgan fingerprint density at radius 3 is 2.61 bits per heavy atom. The summed E-state index contributed by atoms with van der Waals surface area (Å²) >= 11 is 5.95. The summed E-state index contributed by atoms with van der Waals surface area (Å²) in [5.41, 5.74) is 6.94. The Morgan fingerprint density at radius 2 is 2.11 bits per heavy atom. The highest BCUT2D eigenvalue weighted by Gasteiger charge is 2.30. The Labute approximate surface area is 119 Å². The van der Waals surface area contributed by atoms with Gasteiger partial charge in [0.15, 0.2) is 0 Å². The molecule has 1 aromatic rings. The number of hydrogen-bond donors (Lipinski definition) is 2. The lowest BCUT2D eigenvalue weighted by atomic mass is 9.77. The first-order valence-corrected chi connectivity index (χ1v) is 6.28. The van der Waals surface area contributed by atoms with E-state index in [4.69, 9.17) is 22.1 Å². The summed E-state index contributed by atoms with van der Waals surface area (Å²) in [6.07, 6.45) is 2.85. The Kier molecular flexibility index (Phi) is 5.73. The maximum Gasteiger partial charge on any atom is 0.137 e. The van der Waals surface area contributed by atoms with Crippen molar-refractivity contribution in [3.8, 4) is 5.75 Å². The molecule has 1 saturated carbocycles. The van der Waals surface area contributed by atoms with E-state index in [1.54, 1.807) is 19.2 Å². The third kappa shape index (κ3) is 3.09. The number of halogens is 2. The third-order valence-electron chi connectivity index (χ3n) is 3.56. The van der Waals surface area contributed by atoms with Crippen LogP contribution in [0.2, 0.25) is 5.02 Å². The van der Waals surface area contributed by atoms with Gasteiger partial charge in [-0.25, -0.2) is 0 Å². The number of rotatable bonds is 4. The van der Waals surface area contributed by atoms with E-state index < -0.39 is 6.10 Å². The number of aliphatic hydroxyl groups is 1. The molecule has 0 bridgehead atoms. The molecule has 2 rings (SSSR count). The van der Waals surface area contributed by atoms with Gasteiger partial charge in [0.25, 0.3) is 0 Å². The molecule has 3 N–H and O–H groups in total. The van der Waals surface area contributed by atoms with Crippen molar-refractivity contribution < 1.29 is 9.84 Å². The average Bonchev–Trinajstić information content (AvgIpc) is 2.26. The van der Waals surface area contributed by atoms with Gasteiger partial charge < -0.3 is 15.6 Å². The minimum Gasteiger partial charge on any atom is -0.495 e. The van der Waals surface area contributed by atoms with Gasteiger partial charge in [0.2, 0.25) is 0 Å². The summed E-state index contributed by atoms with van der Waals surface area (Å²) in [5.74, 6) is 0.937. The summed E-state index contributed by atoms with van der Waals surface area (Å²) in [6, 6.07) is 5.03. The van der Waals surface area contributed by atoms with Crippen LogP contribution >= 0.6 is 24.0 Å². The molecule has 1 fully saturated rings. The maximum absolute atomic E-state index is 10.1. The molecule has 102 valence electrons. The van der Waals surface area contributed by atoms with Gasteiger partial charge in [-0.3, -0.25) is 0 Å². The lowest BCUT2D eigenvalue weighted by molar-refractivity contribution is 0.0413. The molecule has 18 heavy (non-hydrogen) atoms.